The minimum Gasteiger partial charge on any atom is -0.381 e. The van der Waals surface area contributed by atoms with Crippen LogP contribution < -0.4 is 0 Å². The van der Waals surface area contributed by atoms with E-state index in [0.717, 1.165) is 0 Å². The molecule has 0 saturated heterocycles. The summed E-state index contributed by atoms with van der Waals surface area (Å²) in [6.07, 6.45) is 2.41. The maximum absolute atomic E-state index is 15.1. The van der Waals surface area contributed by atoms with Gasteiger partial charge in [-0.3, -0.25) is 14.4 Å². The molecular formula is C21H27FO4. The lowest BCUT2D eigenvalue weighted by atomic mass is 9.45. The molecule has 26 heavy (non-hydrogen) atoms. The lowest BCUT2D eigenvalue weighted by Gasteiger charge is -2.58. The normalized spacial score (nSPS) is 50.6. The highest BCUT2D eigenvalue weighted by molar-refractivity contribution is 5.94. The molecule has 4 aliphatic carbocycles. The highest BCUT2D eigenvalue weighted by Gasteiger charge is 2.68. The number of fused-ring (bicyclic) bond motifs is 5. The van der Waals surface area contributed by atoms with Crippen molar-refractivity contribution >= 4 is 17.3 Å². The van der Waals surface area contributed by atoms with Gasteiger partial charge in [0.2, 0.25) is 0 Å². The molecule has 0 spiro atoms. The minimum atomic E-state index is -1.50. The molecule has 7 atom stereocenters. The van der Waals surface area contributed by atoms with Gasteiger partial charge in [0.05, 0.1) is 0 Å². The topological polar surface area (TPSA) is 71.4 Å². The minimum absolute atomic E-state index is 0.0185. The first-order valence-corrected chi connectivity index (χ1v) is 9.70. The predicted octanol–water partition coefficient (Wildman–Crippen LogP) is 2.97. The van der Waals surface area contributed by atoms with E-state index in [0.29, 0.717) is 31.3 Å². The molecule has 4 nitrogen and oxygen atoms in total. The van der Waals surface area contributed by atoms with Gasteiger partial charge >= 0.3 is 0 Å². The van der Waals surface area contributed by atoms with E-state index in [1.165, 1.54) is 13.0 Å². The second-order valence-corrected chi connectivity index (χ2v) is 9.45. The molecule has 0 aromatic heterocycles. The summed E-state index contributed by atoms with van der Waals surface area (Å²) in [4.78, 5) is 37.3. The number of rotatable bonds is 1. The van der Waals surface area contributed by atoms with Gasteiger partial charge in [-0.25, -0.2) is 4.39 Å². The summed E-state index contributed by atoms with van der Waals surface area (Å²) in [7, 11) is 0. The van der Waals surface area contributed by atoms with E-state index in [2.05, 4.69) is 0 Å². The number of ketones is 3. The van der Waals surface area contributed by atoms with Gasteiger partial charge in [-0.2, -0.15) is 0 Å². The molecule has 1 N–H and O–H groups in total. The number of carbonyl (C=O) groups excluding carboxylic acids is 3. The van der Waals surface area contributed by atoms with Crippen LogP contribution in [0.4, 0.5) is 4.39 Å². The Labute approximate surface area is 153 Å². The lowest BCUT2D eigenvalue weighted by Crippen LogP contribution is -2.61. The molecule has 142 valence electrons. The Hall–Kier alpha value is -1.36. The molecule has 4 aliphatic rings. The van der Waals surface area contributed by atoms with Gasteiger partial charge in [0.15, 0.2) is 11.6 Å². The summed E-state index contributed by atoms with van der Waals surface area (Å²) < 4.78 is 15.1. The van der Waals surface area contributed by atoms with Crippen LogP contribution in [0.3, 0.4) is 0 Å². The highest BCUT2D eigenvalue weighted by Crippen LogP contribution is 2.66. The molecule has 0 radical (unpaired) electrons. The average Bonchev–Trinajstić information content (AvgIpc) is 2.81. The van der Waals surface area contributed by atoms with E-state index >= 15 is 4.39 Å². The Morgan fingerprint density at radius 2 is 1.96 bits per heavy atom. The number of allylic oxidation sites excluding steroid dienone is 1. The van der Waals surface area contributed by atoms with Crippen LogP contribution >= 0.6 is 0 Å². The summed E-state index contributed by atoms with van der Waals surface area (Å²) in [6, 6.07) is 0. The molecule has 5 heteroatoms. The summed E-state index contributed by atoms with van der Waals surface area (Å²) >= 11 is 0. The zero-order valence-electron chi connectivity index (χ0n) is 15.7. The van der Waals surface area contributed by atoms with Crippen LogP contribution in [-0.4, -0.2) is 34.2 Å². The van der Waals surface area contributed by atoms with Crippen molar-refractivity contribution in [1.82, 2.24) is 0 Å². The quantitative estimate of drug-likeness (QED) is 0.778. The fourth-order valence-electron chi connectivity index (χ4n) is 6.98. The van der Waals surface area contributed by atoms with Crippen LogP contribution in [0, 0.1) is 28.6 Å². The van der Waals surface area contributed by atoms with Crippen molar-refractivity contribution in [3.8, 4) is 0 Å². The van der Waals surface area contributed by atoms with Crippen molar-refractivity contribution in [3.63, 3.8) is 0 Å². The van der Waals surface area contributed by atoms with E-state index in [1.807, 2.05) is 13.8 Å². The van der Waals surface area contributed by atoms with Gasteiger partial charge < -0.3 is 5.11 Å². The lowest BCUT2D eigenvalue weighted by molar-refractivity contribution is -0.169. The third-order valence-corrected chi connectivity index (χ3v) is 8.37. The molecule has 0 aromatic rings. The van der Waals surface area contributed by atoms with E-state index in [4.69, 9.17) is 0 Å². The zero-order valence-corrected chi connectivity index (χ0v) is 15.7. The van der Waals surface area contributed by atoms with Crippen LogP contribution in [0.1, 0.15) is 59.3 Å². The third kappa shape index (κ3) is 2.01. The summed E-state index contributed by atoms with van der Waals surface area (Å²) in [5.74, 6) is -0.880. The molecule has 3 saturated carbocycles. The summed E-state index contributed by atoms with van der Waals surface area (Å²) in [5.41, 5.74) is -2.44. The Bertz CT molecular complexity index is 742. The maximum Gasteiger partial charge on any atom is 0.161 e. The van der Waals surface area contributed by atoms with E-state index in [-0.39, 0.29) is 47.9 Å². The monoisotopic (exact) mass is 362 g/mol. The fraction of sp³-hybridized carbons (Fsp3) is 0.762. The standard InChI is InChI=1S/C21H27FO4/c1-11(23)21(26)7-5-14-13-9-16(22)15-8-12(24)4-6-19(15,2)18(13)17(25)10-20(14,21)3/h8,13-14,16,18,26H,4-7,9-10H2,1-3H3/t13-,14-,16-,18+,19-,20-,21-/m0/s1. The first kappa shape index (κ1) is 18.0. The second-order valence-electron chi connectivity index (χ2n) is 9.45. The van der Waals surface area contributed by atoms with E-state index < -0.39 is 22.6 Å². The molecule has 0 unspecified atom stereocenters. The number of aliphatic hydroxyl groups is 1. The van der Waals surface area contributed by atoms with Gasteiger partial charge in [0.1, 0.15) is 17.6 Å². The number of hydrogen-bond acceptors (Lipinski definition) is 4. The SMILES string of the molecule is CC(=O)[C@@]1(O)CC[C@H]2[C@@H]3C[C@H](F)C4=CC(=O)CC[C@]4(C)[C@H]3C(=O)C[C@@]21C. The van der Waals surface area contributed by atoms with Crippen molar-refractivity contribution in [2.75, 3.05) is 0 Å². The van der Waals surface area contributed by atoms with Gasteiger partial charge in [0.25, 0.3) is 0 Å². The molecule has 0 aromatic carbocycles. The molecule has 4 rings (SSSR count). The van der Waals surface area contributed by atoms with Crippen LogP contribution in [-0.2, 0) is 14.4 Å². The Balaban J connectivity index is 1.80. The molecule has 0 heterocycles. The summed E-state index contributed by atoms with van der Waals surface area (Å²) in [5, 5.41) is 11.1. The third-order valence-electron chi connectivity index (χ3n) is 8.37. The number of alkyl halides is 1. The van der Waals surface area contributed by atoms with Crippen LogP contribution in [0.2, 0.25) is 0 Å². The van der Waals surface area contributed by atoms with Crippen molar-refractivity contribution in [3.05, 3.63) is 11.6 Å². The number of hydrogen-bond donors (Lipinski definition) is 1. The molecule has 3 fully saturated rings. The Morgan fingerprint density at radius 1 is 1.27 bits per heavy atom. The molecule has 0 amide bonds. The van der Waals surface area contributed by atoms with E-state index in [1.54, 1.807) is 0 Å². The van der Waals surface area contributed by atoms with Crippen molar-refractivity contribution in [2.24, 2.45) is 28.6 Å². The summed E-state index contributed by atoms with van der Waals surface area (Å²) in [6.45, 7) is 5.16. The number of carbonyl (C=O) groups is 3. The molecule has 0 bridgehead atoms. The van der Waals surface area contributed by atoms with E-state index in [9.17, 15) is 19.5 Å². The highest BCUT2D eigenvalue weighted by atomic mass is 19.1. The van der Waals surface area contributed by atoms with Gasteiger partial charge in [-0.15, -0.1) is 0 Å². The van der Waals surface area contributed by atoms with Crippen LogP contribution in [0.5, 0.6) is 0 Å². The fourth-order valence-corrected chi connectivity index (χ4v) is 6.98. The van der Waals surface area contributed by atoms with Gasteiger partial charge in [-0.05, 0) is 56.1 Å². The van der Waals surface area contributed by atoms with Crippen molar-refractivity contribution < 1.29 is 23.9 Å². The van der Waals surface area contributed by atoms with Crippen LogP contribution in [0.15, 0.2) is 11.6 Å². The average molecular weight is 362 g/mol. The van der Waals surface area contributed by atoms with Crippen molar-refractivity contribution in [1.29, 1.82) is 0 Å². The smallest absolute Gasteiger partial charge is 0.161 e. The molecular weight excluding hydrogens is 335 g/mol. The Kier molecular flexibility index (Phi) is 3.70. The largest absolute Gasteiger partial charge is 0.381 e. The zero-order chi connectivity index (χ0) is 19.1. The number of halogens is 1. The second kappa shape index (κ2) is 5.34. The van der Waals surface area contributed by atoms with Gasteiger partial charge in [-0.1, -0.05) is 13.8 Å². The number of Topliss-reactive ketones (excluding diaryl/α,β-unsaturated/α-hetero) is 2. The first-order valence-electron chi connectivity index (χ1n) is 9.70. The Morgan fingerprint density at radius 3 is 2.62 bits per heavy atom. The predicted molar refractivity (Wildman–Crippen MR) is 93.0 cm³/mol. The maximum atomic E-state index is 15.1. The van der Waals surface area contributed by atoms with Crippen LogP contribution in [0.25, 0.3) is 0 Å². The first-order chi connectivity index (χ1) is 12.0. The van der Waals surface area contributed by atoms with Crippen molar-refractivity contribution in [2.45, 2.75) is 71.1 Å². The molecule has 0 aliphatic heterocycles. The van der Waals surface area contributed by atoms with Gasteiger partial charge in [0, 0.05) is 29.6 Å².